The number of nitro benzene ring substituents is 1. The van der Waals surface area contributed by atoms with Crippen LogP contribution >= 0.6 is 0 Å². The molecule has 1 atom stereocenters. The van der Waals surface area contributed by atoms with E-state index in [0.29, 0.717) is 5.56 Å². The maximum atomic E-state index is 12.7. The molecule has 164 valence electrons. The summed E-state index contributed by atoms with van der Waals surface area (Å²) in [5.41, 5.74) is 2.20. The third kappa shape index (κ3) is 6.94. The first-order chi connectivity index (χ1) is 15.5. The van der Waals surface area contributed by atoms with E-state index in [1.54, 1.807) is 0 Å². The van der Waals surface area contributed by atoms with Crippen molar-refractivity contribution in [2.24, 2.45) is 0 Å². The van der Waals surface area contributed by atoms with Gasteiger partial charge in [0.2, 0.25) is 0 Å². The van der Waals surface area contributed by atoms with Gasteiger partial charge in [0.05, 0.1) is 4.92 Å². The van der Waals surface area contributed by atoms with Crippen LogP contribution in [-0.2, 0) is 33.9 Å². The molecule has 1 N–H and O–H groups in total. The van der Waals surface area contributed by atoms with Gasteiger partial charge < -0.3 is 14.8 Å². The molecule has 0 aliphatic carbocycles. The van der Waals surface area contributed by atoms with Gasteiger partial charge in [-0.15, -0.1) is 0 Å². The molecule has 0 fully saturated rings. The highest BCUT2D eigenvalue weighted by Crippen LogP contribution is 2.13. The molecule has 0 spiro atoms. The smallest absolute Gasteiger partial charge is 0.408 e. The van der Waals surface area contributed by atoms with Crippen LogP contribution in [0.5, 0.6) is 0 Å². The Hall–Kier alpha value is -4.20. The van der Waals surface area contributed by atoms with Crippen molar-refractivity contribution in [3.63, 3.8) is 0 Å². The summed E-state index contributed by atoms with van der Waals surface area (Å²) in [5, 5.41) is 13.3. The summed E-state index contributed by atoms with van der Waals surface area (Å²) in [6.07, 6.45) is -0.512. The molecular weight excluding hydrogens is 412 g/mol. The Balaban J connectivity index is 1.61. The first kappa shape index (κ1) is 22.5. The fourth-order valence-corrected chi connectivity index (χ4v) is 2.92. The third-order valence-electron chi connectivity index (χ3n) is 4.60. The van der Waals surface area contributed by atoms with Crippen molar-refractivity contribution in [2.75, 3.05) is 0 Å². The van der Waals surface area contributed by atoms with Crippen LogP contribution in [0.25, 0.3) is 0 Å². The number of ether oxygens (including phenoxy) is 2. The maximum Gasteiger partial charge on any atom is 0.408 e. The van der Waals surface area contributed by atoms with E-state index in [9.17, 15) is 19.7 Å². The maximum absolute atomic E-state index is 12.7. The summed E-state index contributed by atoms with van der Waals surface area (Å²) in [4.78, 5) is 35.2. The van der Waals surface area contributed by atoms with Gasteiger partial charge in [0.15, 0.2) is 0 Å². The number of nitrogens with one attached hydrogen (secondary N) is 1. The van der Waals surface area contributed by atoms with Gasteiger partial charge in [-0.1, -0.05) is 60.7 Å². The predicted molar refractivity (Wildman–Crippen MR) is 117 cm³/mol. The molecule has 0 radical (unpaired) electrons. The Labute approximate surface area is 184 Å². The SMILES string of the molecule is O=C(NC(Cc1ccccc1)C(=O)OCc1ccc([N+](=O)[O-])cc1)OCc1ccccc1. The number of amides is 1. The number of nitrogens with zero attached hydrogens (tertiary/aromatic N) is 1. The third-order valence-corrected chi connectivity index (χ3v) is 4.60. The van der Waals surface area contributed by atoms with Crippen molar-refractivity contribution in [3.8, 4) is 0 Å². The molecule has 1 unspecified atom stereocenters. The highest BCUT2D eigenvalue weighted by molar-refractivity contribution is 5.81. The predicted octanol–water partition coefficient (Wildman–Crippen LogP) is 4.18. The highest BCUT2D eigenvalue weighted by atomic mass is 16.6. The van der Waals surface area contributed by atoms with Gasteiger partial charge in [0.25, 0.3) is 5.69 Å². The lowest BCUT2D eigenvalue weighted by atomic mass is 10.1. The fraction of sp³-hybridized carbons (Fsp3) is 0.167. The van der Waals surface area contributed by atoms with Crippen LogP contribution in [0.15, 0.2) is 84.9 Å². The number of esters is 1. The molecule has 3 aromatic carbocycles. The fourth-order valence-electron chi connectivity index (χ4n) is 2.92. The van der Waals surface area contributed by atoms with Crippen molar-refractivity contribution in [1.82, 2.24) is 5.32 Å². The number of carbonyl (C=O) groups is 2. The van der Waals surface area contributed by atoms with Crippen molar-refractivity contribution in [2.45, 2.75) is 25.7 Å². The van der Waals surface area contributed by atoms with Gasteiger partial charge in [-0.05, 0) is 28.8 Å². The summed E-state index contributed by atoms with van der Waals surface area (Å²) in [5.74, 6) is -0.635. The molecule has 0 aromatic heterocycles. The monoisotopic (exact) mass is 434 g/mol. The molecule has 32 heavy (non-hydrogen) atoms. The van der Waals surface area contributed by atoms with Gasteiger partial charge in [0, 0.05) is 18.6 Å². The average molecular weight is 434 g/mol. The van der Waals surface area contributed by atoms with Crippen molar-refractivity contribution in [1.29, 1.82) is 0 Å². The van der Waals surface area contributed by atoms with Gasteiger partial charge in [-0.2, -0.15) is 0 Å². The number of hydrogen-bond acceptors (Lipinski definition) is 6. The number of hydrogen-bond donors (Lipinski definition) is 1. The molecule has 3 rings (SSSR count). The van der Waals surface area contributed by atoms with Crippen LogP contribution in [0.4, 0.5) is 10.5 Å². The Morgan fingerprint density at radius 3 is 1.91 bits per heavy atom. The van der Waals surface area contributed by atoms with E-state index in [2.05, 4.69) is 5.32 Å². The van der Waals surface area contributed by atoms with Crippen LogP contribution in [-0.4, -0.2) is 23.0 Å². The highest BCUT2D eigenvalue weighted by Gasteiger charge is 2.24. The second-order valence-corrected chi connectivity index (χ2v) is 6.98. The zero-order valence-corrected chi connectivity index (χ0v) is 17.2. The normalized spacial score (nSPS) is 11.2. The Kier molecular flexibility index (Phi) is 7.91. The number of nitro groups is 1. The Morgan fingerprint density at radius 2 is 1.31 bits per heavy atom. The van der Waals surface area contributed by atoms with E-state index in [4.69, 9.17) is 9.47 Å². The van der Waals surface area contributed by atoms with E-state index in [1.165, 1.54) is 24.3 Å². The summed E-state index contributed by atoms with van der Waals surface area (Å²) in [7, 11) is 0. The molecule has 3 aromatic rings. The summed E-state index contributed by atoms with van der Waals surface area (Å²) in [6.45, 7) is -0.00850. The summed E-state index contributed by atoms with van der Waals surface area (Å²) in [6, 6.07) is 23.1. The average Bonchev–Trinajstić information content (AvgIpc) is 2.82. The second kappa shape index (κ2) is 11.3. The van der Waals surface area contributed by atoms with Gasteiger partial charge in [0.1, 0.15) is 19.3 Å². The minimum Gasteiger partial charge on any atom is -0.459 e. The molecule has 8 heteroatoms. The molecule has 0 aliphatic rings. The molecule has 0 bridgehead atoms. The number of alkyl carbamates (subject to hydrolysis) is 1. The Bertz CT molecular complexity index is 1040. The zero-order chi connectivity index (χ0) is 22.8. The molecule has 1 amide bonds. The van der Waals surface area contributed by atoms with Crippen LogP contribution in [0.2, 0.25) is 0 Å². The van der Waals surface area contributed by atoms with Crippen molar-refractivity contribution < 1.29 is 24.0 Å². The van der Waals surface area contributed by atoms with E-state index in [0.717, 1.165) is 11.1 Å². The lowest BCUT2D eigenvalue weighted by Gasteiger charge is -2.18. The summed E-state index contributed by atoms with van der Waals surface area (Å²) < 4.78 is 10.6. The van der Waals surface area contributed by atoms with E-state index in [-0.39, 0.29) is 25.3 Å². The molecule has 0 saturated carbocycles. The van der Waals surface area contributed by atoms with Crippen LogP contribution < -0.4 is 5.32 Å². The lowest BCUT2D eigenvalue weighted by Crippen LogP contribution is -2.43. The van der Waals surface area contributed by atoms with Crippen LogP contribution in [0.3, 0.4) is 0 Å². The van der Waals surface area contributed by atoms with Gasteiger partial charge in [-0.25, -0.2) is 9.59 Å². The first-order valence-corrected chi connectivity index (χ1v) is 9.92. The molecular formula is C24H22N2O6. The van der Waals surface area contributed by atoms with Gasteiger partial charge >= 0.3 is 12.1 Å². The lowest BCUT2D eigenvalue weighted by molar-refractivity contribution is -0.384. The molecule has 0 saturated heterocycles. The van der Waals surface area contributed by atoms with E-state index >= 15 is 0 Å². The zero-order valence-electron chi connectivity index (χ0n) is 17.2. The van der Waals surface area contributed by atoms with Crippen molar-refractivity contribution >= 4 is 17.7 Å². The largest absolute Gasteiger partial charge is 0.459 e. The second-order valence-electron chi connectivity index (χ2n) is 6.98. The number of carbonyl (C=O) groups excluding carboxylic acids is 2. The number of benzene rings is 3. The van der Waals surface area contributed by atoms with E-state index < -0.39 is 23.0 Å². The first-order valence-electron chi connectivity index (χ1n) is 9.92. The van der Waals surface area contributed by atoms with Crippen LogP contribution in [0.1, 0.15) is 16.7 Å². The van der Waals surface area contributed by atoms with Crippen molar-refractivity contribution in [3.05, 3.63) is 112 Å². The summed E-state index contributed by atoms with van der Waals surface area (Å²) >= 11 is 0. The minimum absolute atomic E-state index is 0.0511. The quantitative estimate of drug-likeness (QED) is 0.308. The van der Waals surface area contributed by atoms with E-state index in [1.807, 2.05) is 60.7 Å². The van der Waals surface area contributed by atoms with Crippen LogP contribution in [0, 0.1) is 10.1 Å². The topological polar surface area (TPSA) is 108 Å². The standard InChI is InChI=1S/C24H22N2O6/c27-23(31-16-20-11-13-21(14-12-20)26(29)30)22(15-18-7-3-1-4-8-18)25-24(28)32-17-19-9-5-2-6-10-19/h1-14,22H,15-17H2,(H,25,28). The minimum atomic E-state index is -0.960. The number of non-ortho nitro benzene ring substituents is 1. The Morgan fingerprint density at radius 1 is 0.781 bits per heavy atom. The number of rotatable bonds is 9. The molecule has 0 aliphatic heterocycles. The molecule has 8 nitrogen and oxygen atoms in total. The van der Waals surface area contributed by atoms with Gasteiger partial charge in [-0.3, -0.25) is 10.1 Å². The molecule has 0 heterocycles.